The van der Waals surface area contributed by atoms with Crippen LogP contribution in [-0.2, 0) is 4.57 Å². The third-order valence-electron chi connectivity index (χ3n) is 0. The minimum Gasteiger partial charge on any atom is -0.790 e. The van der Waals surface area contributed by atoms with Crippen LogP contribution in [0.15, 0.2) is 0 Å². The minimum absolute atomic E-state index is 0. The molecule has 0 aliphatic heterocycles. The van der Waals surface area contributed by atoms with Crippen molar-refractivity contribution in [2.75, 3.05) is 0 Å². The molecule has 0 fully saturated rings. The minimum atomic E-state index is -5.14. The maximum Gasteiger partial charge on any atom is 1.00 e. The van der Waals surface area contributed by atoms with Crippen molar-refractivity contribution in [2.24, 2.45) is 0 Å². The zero-order valence-corrected chi connectivity index (χ0v) is 10.5. The molecular weight excluding hydrogens is 189 g/mol. The van der Waals surface area contributed by atoms with E-state index >= 15 is 0 Å². The molecule has 0 radical (unpaired) electrons. The average Bonchev–Trinajstić information content (AvgIpc) is 0.722. The van der Waals surface area contributed by atoms with Gasteiger partial charge in [0.2, 0.25) is 0 Å². The van der Waals surface area contributed by atoms with Gasteiger partial charge in [-0.05, 0) is 0 Å². The molecule has 0 aliphatic carbocycles. The molecular formula is H7Na2O7P. The predicted octanol–water partition coefficient (Wildman–Crippen LogP) is -10.7. The van der Waals surface area contributed by atoms with Crippen molar-refractivity contribution in [2.45, 2.75) is 0 Å². The molecule has 7 N–H and O–H groups in total. The molecule has 0 atom stereocenters. The van der Waals surface area contributed by atoms with Crippen molar-refractivity contribution in [1.29, 1.82) is 0 Å². The third-order valence-corrected chi connectivity index (χ3v) is 0. The molecule has 0 aromatic heterocycles. The van der Waals surface area contributed by atoms with Crippen LogP contribution in [-0.4, -0.2) is 21.3 Å². The maximum absolute atomic E-state index is 8.66. The molecule has 7 nitrogen and oxygen atoms in total. The first-order chi connectivity index (χ1) is 2.00. The van der Waals surface area contributed by atoms with E-state index in [9.17, 15) is 0 Å². The Morgan fingerprint density at radius 2 is 1.00 bits per heavy atom. The quantitative estimate of drug-likeness (QED) is 0.298. The molecule has 0 aromatic carbocycles. The zero-order valence-electron chi connectivity index (χ0n) is 5.62. The third kappa shape index (κ3) is 204. The Kier molecular flexibility index (Phi) is 69.3. The average molecular weight is 196 g/mol. The van der Waals surface area contributed by atoms with Crippen LogP contribution in [0.4, 0.5) is 0 Å². The molecule has 0 heterocycles. The van der Waals surface area contributed by atoms with E-state index in [-0.39, 0.29) is 75.5 Å². The second kappa shape index (κ2) is 17.2. The molecule has 0 aliphatic rings. The van der Waals surface area contributed by atoms with E-state index in [1.807, 2.05) is 0 Å². The molecule has 10 heavy (non-hydrogen) atoms. The van der Waals surface area contributed by atoms with Crippen molar-refractivity contribution < 1.29 is 94.8 Å². The van der Waals surface area contributed by atoms with Gasteiger partial charge in [0.15, 0.2) is 0 Å². The molecule has 0 spiro atoms. The molecule has 0 saturated carbocycles. The van der Waals surface area contributed by atoms with E-state index in [1.54, 1.807) is 0 Å². The van der Waals surface area contributed by atoms with Crippen LogP contribution >= 0.6 is 7.82 Å². The Morgan fingerprint density at radius 1 is 1.00 bits per heavy atom. The fraction of sp³-hybridized carbons (Fsp3) is 0. The number of phosphoric acid groups is 1. The van der Waals surface area contributed by atoms with Crippen LogP contribution in [0.25, 0.3) is 0 Å². The van der Waals surface area contributed by atoms with Crippen LogP contribution in [0, 0.1) is 0 Å². The summed E-state index contributed by atoms with van der Waals surface area (Å²) in [6.45, 7) is 0. The number of hydrogen-bond donors (Lipinski definition) is 1. The van der Waals surface area contributed by atoms with E-state index in [2.05, 4.69) is 0 Å². The van der Waals surface area contributed by atoms with Gasteiger partial charge in [0.05, 0.1) is 7.82 Å². The summed E-state index contributed by atoms with van der Waals surface area (Å²) in [5.74, 6) is 0. The summed E-state index contributed by atoms with van der Waals surface area (Å²) in [6, 6.07) is 0. The van der Waals surface area contributed by atoms with Crippen molar-refractivity contribution in [3.63, 3.8) is 0 Å². The van der Waals surface area contributed by atoms with Crippen LogP contribution < -0.4 is 68.9 Å². The largest absolute Gasteiger partial charge is 1.00 e. The van der Waals surface area contributed by atoms with E-state index in [4.69, 9.17) is 19.2 Å². The second-order valence-electron chi connectivity index (χ2n) is 0.469. The Morgan fingerprint density at radius 3 is 1.00 bits per heavy atom. The zero-order chi connectivity index (χ0) is 4.50. The molecule has 0 rings (SSSR count). The normalized spacial score (nSPS) is 5.90. The summed E-state index contributed by atoms with van der Waals surface area (Å²) in [5, 5.41) is 0. The fourth-order valence-electron chi connectivity index (χ4n) is 0. The van der Waals surface area contributed by atoms with Gasteiger partial charge in [-0.25, -0.2) is 0 Å². The standard InChI is InChI=1S/2Na.H3O4P.3H2O/c;;1-5(2,3)4;;;/h;;(H3,1,2,3,4);3*1H2/q2*+1;;;;/p-2. The van der Waals surface area contributed by atoms with Crippen molar-refractivity contribution in [3.8, 4) is 0 Å². The fourth-order valence-corrected chi connectivity index (χ4v) is 0. The Bertz CT molecular complexity index is 57.7. The van der Waals surface area contributed by atoms with Gasteiger partial charge >= 0.3 is 59.1 Å². The molecule has 56 valence electrons. The number of hydrogen-bond acceptors (Lipinski definition) is 3. The van der Waals surface area contributed by atoms with Gasteiger partial charge < -0.3 is 35.7 Å². The maximum atomic E-state index is 8.66. The smallest absolute Gasteiger partial charge is 0.790 e. The van der Waals surface area contributed by atoms with Gasteiger partial charge in [-0.2, -0.15) is 0 Å². The molecule has 10 heteroatoms. The summed E-state index contributed by atoms with van der Waals surface area (Å²) in [7, 11) is -5.14. The van der Waals surface area contributed by atoms with Gasteiger partial charge in [-0.3, -0.25) is 0 Å². The van der Waals surface area contributed by atoms with E-state index in [0.29, 0.717) is 0 Å². The van der Waals surface area contributed by atoms with Crippen molar-refractivity contribution >= 4 is 7.82 Å². The van der Waals surface area contributed by atoms with Gasteiger partial charge in [0.25, 0.3) is 0 Å². The molecule has 0 saturated heterocycles. The monoisotopic (exact) mass is 196 g/mol. The second-order valence-corrected chi connectivity index (χ2v) is 1.41. The summed E-state index contributed by atoms with van der Waals surface area (Å²) in [5.41, 5.74) is 0. The Hall–Kier alpha value is 1.99. The van der Waals surface area contributed by atoms with Crippen LogP contribution in [0.2, 0.25) is 0 Å². The van der Waals surface area contributed by atoms with E-state index in [1.165, 1.54) is 0 Å². The first-order valence-corrected chi connectivity index (χ1v) is 2.24. The van der Waals surface area contributed by atoms with Gasteiger partial charge in [-0.15, -0.1) is 0 Å². The first kappa shape index (κ1) is 40.4. The molecule has 0 bridgehead atoms. The number of rotatable bonds is 0. The summed E-state index contributed by atoms with van der Waals surface area (Å²) < 4.78 is 8.66. The van der Waals surface area contributed by atoms with Gasteiger partial charge in [0, 0.05) is 0 Å². The SMILES string of the molecule is O.O.O.O=P([O-])([O-])O.[Na+].[Na+]. The van der Waals surface area contributed by atoms with Crippen molar-refractivity contribution in [3.05, 3.63) is 0 Å². The Labute approximate surface area is 102 Å². The summed E-state index contributed by atoms with van der Waals surface area (Å²) in [6.07, 6.45) is 0. The van der Waals surface area contributed by atoms with Crippen molar-refractivity contribution in [1.82, 2.24) is 0 Å². The topological polar surface area (TPSA) is 178 Å². The first-order valence-electron chi connectivity index (χ1n) is 0.748. The van der Waals surface area contributed by atoms with Gasteiger partial charge in [-0.1, -0.05) is 0 Å². The van der Waals surface area contributed by atoms with Crippen LogP contribution in [0.5, 0.6) is 0 Å². The predicted molar refractivity (Wildman–Crippen MR) is 20.7 cm³/mol. The summed E-state index contributed by atoms with van der Waals surface area (Å²) >= 11 is 0. The van der Waals surface area contributed by atoms with Crippen LogP contribution in [0.3, 0.4) is 0 Å². The summed E-state index contributed by atoms with van der Waals surface area (Å²) in [4.78, 5) is 24.3. The molecule has 0 amide bonds. The van der Waals surface area contributed by atoms with E-state index < -0.39 is 7.82 Å². The molecule has 0 unspecified atom stereocenters. The van der Waals surface area contributed by atoms with E-state index in [0.717, 1.165) is 0 Å². The Balaban J connectivity index is -0.00000000800. The van der Waals surface area contributed by atoms with Crippen LogP contribution in [0.1, 0.15) is 0 Å². The molecule has 0 aromatic rings. The van der Waals surface area contributed by atoms with Gasteiger partial charge in [0.1, 0.15) is 0 Å².